The SMILES string of the molecule is COC(=O)C12CC3CC(C1)CC(C14CC5CC(CC(CC(=O)OC(C)(C)C)(C5)C1)C4)(C3)C2. The van der Waals surface area contributed by atoms with Crippen LogP contribution in [-0.2, 0) is 19.1 Å². The lowest BCUT2D eigenvalue weighted by molar-refractivity contribution is -0.242. The minimum absolute atomic E-state index is 0.00569. The highest BCUT2D eigenvalue weighted by Crippen LogP contribution is 2.79. The van der Waals surface area contributed by atoms with Crippen molar-refractivity contribution in [1.82, 2.24) is 0 Å². The van der Waals surface area contributed by atoms with Crippen molar-refractivity contribution in [1.29, 1.82) is 0 Å². The molecule has 0 spiro atoms. The lowest BCUT2D eigenvalue weighted by atomic mass is 9.31. The minimum atomic E-state index is -0.413. The maximum absolute atomic E-state index is 13.1. The number of carbonyl (C=O) groups is 2. The van der Waals surface area contributed by atoms with Gasteiger partial charge >= 0.3 is 11.9 Å². The zero-order valence-corrected chi connectivity index (χ0v) is 20.6. The van der Waals surface area contributed by atoms with Gasteiger partial charge in [0.1, 0.15) is 5.60 Å². The maximum Gasteiger partial charge on any atom is 0.311 e. The Hall–Kier alpha value is -1.06. The molecule has 0 heterocycles. The van der Waals surface area contributed by atoms with E-state index in [1.54, 1.807) is 7.11 Å². The zero-order valence-electron chi connectivity index (χ0n) is 20.6. The minimum Gasteiger partial charge on any atom is -0.469 e. The second kappa shape index (κ2) is 6.54. The summed E-state index contributed by atoms with van der Waals surface area (Å²) in [5.74, 6) is 3.01. The zero-order chi connectivity index (χ0) is 22.6. The molecule has 8 aliphatic carbocycles. The first-order valence-corrected chi connectivity index (χ1v) is 13.3. The molecule has 4 heteroatoms. The van der Waals surface area contributed by atoms with Crippen molar-refractivity contribution in [2.24, 2.45) is 45.3 Å². The van der Waals surface area contributed by atoms with E-state index in [1.807, 2.05) is 20.8 Å². The van der Waals surface area contributed by atoms with Crippen LogP contribution in [0.2, 0.25) is 0 Å². The maximum atomic E-state index is 13.1. The molecular formula is C28H42O4. The Morgan fingerprint density at radius 2 is 1.28 bits per heavy atom. The third kappa shape index (κ3) is 3.06. The molecule has 0 aromatic heterocycles. The third-order valence-electron chi connectivity index (χ3n) is 10.9. The molecule has 8 bridgehead atoms. The summed E-state index contributed by atoms with van der Waals surface area (Å²) in [6.45, 7) is 5.94. The van der Waals surface area contributed by atoms with Crippen molar-refractivity contribution in [3.05, 3.63) is 0 Å². The molecule has 8 rings (SSSR count). The van der Waals surface area contributed by atoms with Crippen molar-refractivity contribution >= 4 is 11.9 Å². The average Bonchev–Trinajstić information content (AvgIpc) is 2.63. The number of hydrogen-bond acceptors (Lipinski definition) is 4. The summed E-state index contributed by atoms with van der Waals surface area (Å²) in [5.41, 5.74) is 0.122. The van der Waals surface area contributed by atoms with Crippen molar-refractivity contribution < 1.29 is 19.1 Å². The molecular weight excluding hydrogens is 400 g/mol. The molecule has 4 unspecified atom stereocenters. The first-order chi connectivity index (χ1) is 15.0. The highest BCUT2D eigenvalue weighted by molar-refractivity contribution is 5.77. The van der Waals surface area contributed by atoms with Crippen LogP contribution in [0.5, 0.6) is 0 Å². The van der Waals surface area contributed by atoms with E-state index in [0.717, 1.165) is 31.1 Å². The standard InChI is InChI=1S/C28H42O4/c1-24(2,3)32-22(29)15-25-7-18-5-19(8-25)12-27(11-18,16-25)28-13-20-6-21(14-28)10-26(9-20,17-28)23(30)31-4/h18-21H,5-17H2,1-4H3. The Bertz CT molecular complexity index is 807. The van der Waals surface area contributed by atoms with E-state index < -0.39 is 5.60 Å². The fraction of sp³-hybridized carbons (Fsp3) is 0.929. The molecule has 0 saturated heterocycles. The summed E-state index contributed by atoms with van der Waals surface area (Å²) in [4.78, 5) is 26.1. The number of rotatable bonds is 4. The van der Waals surface area contributed by atoms with Gasteiger partial charge in [0, 0.05) is 0 Å². The van der Waals surface area contributed by atoms with E-state index in [1.165, 1.54) is 57.8 Å². The van der Waals surface area contributed by atoms with Crippen molar-refractivity contribution in [3.63, 3.8) is 0 Å². The molecule has 0 amide bonds. The van der Waals surface area contributed by atoms with Gasteiger partial charge in [-0.25, -0.2) is 0 Å². The molecule has 178 valence electrons. The third-order valence-corrected chi connectivity index (χ3v) is 10.9. The number of ether oxygens (including phenoxy) is 2. The van der Waals surface area contributed by atoms with Crippen LogP contribution in [-0.4, -0.2) is 24.6 Å². The molecule has 8 aliphatic rings. The predicted molar refractivity (Wildman–Crippen MR) is 122 cm³/mol. The largest absolute Gasteiger partial charge is 0.469 e. The summed E-state index contributed by atoms with van der Waals surface area (Å²) in [6.07, 6.45) is 15.4. The van der Waals surface area contributed by atoms with Gasteiger partial charge in [-0.15, -0.1) is 0 Å². The van der Waals surface area contributed by atoms with Gasteiger partial charge in [0.2, 0.25) is 0 Å². The first-order valence-electron chi connectivity index (χ1n) is 13.3. The molecule has 4 nitrogen and oxygen atoms in total. The molecule has 0 aromatic rings. The molecule has 0 aromatic carbocycles. The Morgan fingerprint density at radius 3 is 1.78 bits per heavy atom. The van der Waals surface area contributed by atoms with Crippen molar-refractivity contribution in [2.45, 2.75) is 110 Å². The summed E-state index contributed by atoms with van der Waals surface area (Å²) in [5, 5.41) is 0. The van der Waals surface area contributed by atoms with E-state index in [4.69, 9.17) is 9.47 Å². The Balaban J connectivity index is 1.34. The van der Waals surface area contributed by atoms with Crippen LogP contribution in [0.15, 0.2) is 0 Å². The number of carbonyl (C=O) groups excluding carboxylic acids is 2. The van der Waals surface area contributed by atoms with Crippen LogP contribution in [0.4, 0.5) is 0 Å². The van der Waals surface area contributed by atoms with Crippen LogP contribution < -0.4 is 0 Å². The Labute approximate surface area is 193 Å². The fourth-order valence-corrected chi connectivity index (χ4v) is 11.3. The number of esters is 2. The van der Waals surface area contributed by atoms with E-state index in [0.29, 0.717) is 29.1 Å². The van der Waals surface area contributed by atoms with E-state index in [2.05, 4.69) is 0 Å². The Morgan fingerprint density at radius 1 is 0.781 bits per heavy atom. The molecule has 0 N–H and O–H groups in total. The monoisotopic (exact) mass is 442 g/mol. The van der Waals surface area contributed by atoms with Crippen molar-refractivity contribution in [3.8, 4) is 0 Å². The van der Waals surface area contributed by atoms with Gasteiger partial charge in [-0.3, -0.25) is 9.59 Å². The molecule has 8 saturated carbocycles. The van der Waals surface area contributed by atoms with Crippen LogP contribution in [0, 0.1) is 45.3 Å². The van der Waals surface area contributed by atoms with Gasteiger partial charge in [-0.05, 0) is 138 Å². The highest BCUT2D eigenvalue weighted by atomic mass is 16.6. The number of hydrogen-bond donors (Lipinski definition) is 0. The van der Waals surface area contributed by atoms with Crippen molar-refractivity contribution in [2.75, 3.05) is 7.11 Å². The highest BCUT2D eigenvalue weighted by Gasteiger charge is 2.71. The fourth-order valence-electron chi connectivity index (χ4n) is 11.3. The average molecular weight is 443 g/mol. The Kier molecular flexibility index (Phi) is 4.39. The molecule has 8 fully saturated rings. The van der Waals surface area contributed by atoms with Gasteiger partial charge < -0.3 is 9.47 Å². The molecule has 32 heavy (non-hydrogen) atoms. The van der Waals surface area contributed by atoms with E-state index >= 15 is 0 Å². The van der Waals surface area contributed by atoms with Crippen LogP contribution in [0.25, 0.3) is 0 Å². The van der Waals surface area contributed by atoms with Gasteiger partial charge in [-0.2, -0.15) is 0 Å². The van der Waals surface area contributed by atoms with Gasteiger partial charge in [-0.1, -0.05) is 0 Å². The van der Waals surface area contributed by atoms with Crippen LogP contribution in [0.1, 0.15) is 104 Å². The number of methoxy groups -OCH3 is 1. The summed E-state index contributed by atoms with van der Waals surface area (Å²) >= 11 is 0. The second-order valence-corrected chi connectivity index (χ2v) is 14.5. The van der Waals surface area contributed by atoms with Crippen LogP contribution >= 0.6 is 0 Å². The molecule has 0 aliphatic heterocycles. The quantitative estimate of drug-likeness (QED) is 0.496. The smallest absolute Gasteiger partial charge is 0.311 e. The van der Waals surface area contributed by atoms with Gasteiger partial charge in [0.05, 0.1) is 18.9 Å². The van der Waals surface area contributed by atoms with Gasteiger partial charge in [0.15, 0.2) is 0 Å². The van der Waals surface area contributed by atoms with E-state index in [-0.39, 0.29) is 22.8 Å². The van der Waals surface area contributed by atoms with Crippen LogP contribution in [0.3, 0.4) is 0 Å². The first kappa shape index (κ1) is 21.5. The summed E-state index contributed by atoms with van der Waals surface area (Å²) < 4.78 is 11.2. The summed E-state index contributed by atoms with van der Waals surface area (Å²) in [6, 6.07) is 0. The summed E-state index contributed by atoms with van der Waals surface area (Å²) in [7, 11) is 1.59. The topological polar surface area (TPSA) is 52.6 Å². The lowest BCUT2D eigenvalue weighted by Gasteiger charge is -2.73. The lowest BCUT2D eigenvalue weighted by Crippen LogP contribution is -2.65. The second-order valence-electron chi connectivity index (χ2n) is 14.5. The molecule has 4 atom stereocenters. The van der Waals surface area contributed by atoms with E-state index in [9.17, 15) is 9.59 Å². The molecule has 0 radical (unpaired) electrons. The predicted octanol–water partition coefficient (Wildman–Crippen LogP) is 6.06. The van der Waals surface area contributed by atoms with Gasteiger partial charge in [0.25, 0.3) is 0 Å². The normalized spacial score (nSPS) is 50.5.